The van der Waals surface area contributed by atoms with Gasteiger partial charge in [0.05, 0.1) is 48.2 Å². The average molecular weight is 898 g/mol. The molecule has 16 nitrogen and oxygen atoms in total. The first-order valence-electron chi connectivity index (χ1n) is 21.6. The Morgan fingerprint density at radius 3 is 2.00 bits per heavy atom. The molecule has 0 radical (unpaired) electrons. The summed E-state index contributed by atoms with van der Waals surface area (Å²) in [6.07, 6.45) is -12.7. The summed E-state index contributed by atoms with van der Waals surface area (Å²) in [7, 11) is 0. The molecule has 2 bridgehead atoms. The highest BCUT2D eigenvalue weighted by atomic mass is 16.6. The smallest absolute Gasteiger partial charge is 0.338 e. The Morgan fingerprint density at radius 1 is 0.862 bits per heavy atom. The Morgan fingerprint density at radius 2 is 1.45 bits per heavy atom. The van der Waals surface area contributed by atoms with Crippen LogP contribution in [0.4, 0.5) is 0 Å². The molecule has 0 aromatic heterocycles. The maximum absolute atomic E-state index is 15.7. The zero-order chi connectivity index (χ0) is 47.2. The summed E-state index contributed by atoms with van der Waals surface area (Å²) in [5, 5.41) is 50.7. The normalized spacial score (nSPS) is 31.4. The van der Waals surface area contributed by atoms with E-state index < -0.39 is 125 Å². The van der Waals surface area contributed by atoms with Crippen LogP contribution in [0.5, 0.6) is 0 Å². The lowest BCUT2D eigenvalue weighted by molar-refractivity contribution is -0.346. The standard InChI is InChI=1S/C49H55NO15/c1-26(51)22-35(54)63-39-36-27(2)32(62-45(59)38(55)37(29-16-10-7-11-17-29)50-43(57)30-18-12-8-13-19-30)24-49(60,46(36,4)5)42(64-44(58)31-20-14-9-15-21-31)40-47(6,41(39)56)33(53)23-34-48(40,25-61-34)65-28(3)52/h7-21,26,32-34,37-40,42,51,53,55,60H,22-25H2,1-6H3,(H,50,57)/t26?,32-,33-,34+,37?,38+,39+,40-,42-,47+,48-,49+/m0/s1. The molecule has 1 saturated heterocycles. The molecule has 16 heteroatoms. The fourth-order valence-corrected chi connectivity index (χ4v) is 10.4. The van der Waals surface area contributed by atoms with E-state index in [0.717, 1.165) is 6.92 Å². The largest absolute Gasteiger partial charge is 0.456 e. The Balaban J connectivity index is 1.40. The maximum atomic E-state index is 15.7. The molecule has 5 N–H and O–H groups in total. The van der Waals surface area contributed by atoms with Crippen LogP contribution < -0.4 is 5.32 Å². The first kappa shape index (κ1) is 47.2. The van der Waals surface area contributed by atoms with E-state index >= 15 is 4.79 Å². The van der Waals surface area contributed by atoms with Crippen LogP contribution in [0, 0.1) is 16.7 Å². The van der Waals surface area contributed by atoms with Crippen LogP contribution >= 0.6 is 0 Å². The van der Waals surface area contributed by atoms with E-state index in [1.165, 1.54) is 46.8 Å². The number of hydrogen-bond donors (Lipinski definition) is 5. The van der Waals surface area contributed by atoms with Gasteiger partial charge in [0, 0.05) is 30.7 Å². The van der Waals surface area contributed by atoms with Gasteiger partial charge >= 0.3 is 23.9 Å². The number of aliphatic hydroxyl groups excluding tert-OH is 3. The van der Waals surface area contributed by atoms with E-state index in [2.05, 4.69) is 5.32 Å². The van der Waals surface area contributed by atoms with Crippen molar-refractivity contribution >= 4 is 35.6 Å². The van der Waals surface area contributed by atoms with E-state index in [4.69, 9.17) is 23.7 Å². The number of esters is 4. The van der Waals surface area contributed by atoms with E-state index in [-0.39, 0.29) is 35.3 Å². The highest BCUT2D eigenvalue weighted by Gasteiger charge is 2.78. The number of aliphatic hydroxyl groups is 4. The molecule has 3 aromatic carbocycles. The van der Waals surface area contributed by atoms with Gasteiger partial charge in [-0.1, -0.05) is 80.6 Å². The predicted octanol–water partition coefficient (Wildman–Crippen LogP) is 3.49. The molecule has 0 spiro atoms. The minimum atomic E-state index is -2.45. The number of Topliss-reactive ketones (excluding diaryl/α,β-unsaturated/α-hetero) is 1. The van der Waals surface area contributed by atoms with Crippen LogP contribution in [0.1, 0.15) is 93.1 Å². The molecule has 3 aromatic rings. The van der Waals surface area contributed by atoms with Crippen molar-refractivity contribution in [2.45, 2.75) is 121 Å². The Bertz CT molecular complexity index is 2350. The molecule has 3 fully saturated rings. The summed E-state index contributed by atoms with van der Waals surface area (Å²) >= 11 is 0. The van der Waals surface area contributed by atoms with Crippen molar-refractivity contribution in [3.63, 3.8) is 0 Å². The molecule has 65 heavy (non-hydrogen) atoms. The highest BCUT2D eigenvalue weighted by molar-refractivity contribution is 5.96. The van der Waals surface area contributed by atoms with Crippen molar-refractivity contribution < 1.29 is 72.9 Å². The van der Waals surface area contributed by atoms with Gasteiger partial charge in [0.1, 0.15) is 23.9 Å². The van der Waals surface area contributed by atoms with Crippen molar-refractivity contribution in [2.75, 3.05) is 6.61 Å². The third kappa shape index (κ3) is 8.26. The number of benzene rings is 3. The lowest BCUT2D eigenvalue weighted by Crippen LogP contribution is -2.82. The second-order valence-electron chi connectivity index (χ2n) is 18.3. The summed E-state index contributed by atoms with van der Waals surface area (Å²) in [6.45, 7) is 8.07. The van der Waals surface area contributed by atoms with Gasteiger partial charge in [-0.3, -0.25) is 19.2 Å². The molecule has 346 valence electrons. The molecular formula is C49H55NO15. The number of carbonyl (C=O) groups excluding carboxylic acids is 6. The SMILES string of the molecule is CC(=O)O[C@@]12CO[C@@H]1C[C@H](O)[C@@]1(C)C(=O)[C@H](OC(=O)CC(C)O)C3=C(C)[C@@H](OC(=O)[C@H](O)C(NC(=O)c4ccccc4)c4ccccc4)C[C@@](O)([C@@H](OC(=O)c4ccccc4)[C@H]21)C3(C)C. The molecule has 3 aliphatic carbocycles. The van der Waals surface area contributed by atoms with Crippen molar-refractivity contribution in [3.8, 4) is 0 Å². The van der Waals surface area contributed by atoms with Gasteiger partial charge in [0.15, 0.2) is 23.6 Å². The van der Waals surface area contributed by atoms with Crippen LogP contribution in [0.3, 0.4) is 0 Å². The molecule has 1 amide bonds. The molecule has 7 rings (SSSR count). The van der Waals surface area contributed by atoms with Gasteiger partial charge in [-0.15, -0.1) is 0 Å². The lowest BCUT2D eigenvalue weighted by atomic mass is 9.44. The van der Waals surface area contributed by atoms with Crippen molar-refractivity contribution in [2.24, 2.45) is 16.7 Å². The zero-order valence-electron chi connectivity index (χ0n) is 37.0. The number of ketones is 1. The number of fused-ring (bicyclic) bond motifs is 5. The van der Waals surface area contributed by atoms with E-state index in [0.29, 0.717) is 5.56 Å². The minimum Gasteiger partial charge on any atom is -0.456 e. The fraction of sp³-hybridized carbons (Fsp3) is 0.469. The number of rotatable bonds is 12. The number of amides is 1. The molecular weight excluding hydrogens is 843 g/mol. The van der Waals surface area contributed by atoms with Gasteiger partial charge in [-0.25, -0.2) is 9.59 Å². The van der Waals surface area contributed by atoms with Crippen LogP contribution in [0.15, 0.2) is 102 Å². The minimum absolute atomic E-state index is 0.0478. The molecule has 4 aliphatic rings. The second kappa shape index (κ2) is 17.9. The number of hydrogen-bond acceptors (Lipinski definition) is 15. The third-order valence-electron chi connectivity index (χ3n) is 13.9. The molecule has 2 saturated carbocycles. The monoisotopic (exact) mass is 897 g/mol. The lowest BCUT2D eigenvalue weighted by Gasteiger charge is -2.67. The van der Waals surface area contributed by atoms with Crippen LogP contribution in [-0.2, 0) is 42.9 Å². The first-order valence-corrected chi connectivity index (χ1v) is 21.6. The highest BCUT2D eigenvalue weighted by Crippen LogP contribution is 2.64. The summed E-state index contributed by atoms with van der Waals surface area (Å²) < 4.78 is 30.5. The van der Waals surface area contributed by atoms with Gasteiger partial charge < -0.3 is 49.4 Å². The Kier molecular flexibility index (Phi) is 13.0. The van der Waals surface area contributed by atoms with Gasteiger partial charge in [-0.2, -0.15) is 0 Å². The molecule has 2 unspecified atom stereocenters. The van der Waals surface area contributed by atoms with Crippen molar-refractivity contribution in [1.29, 1.82) is 0 Å². The fourth-order valence-electron chi connectivity index (χ4n) is 10.4. The topological polar surface area (TPSA) is 242 Å². The molecule has 1 aliphatic heterocycles. The zero-order valence-corrected chi connectivity index (χ0v) is 37.0. The number of ether oxygens (including phenoxy) is 5. The summed E-state index contributed by atoms with van der Waals surface area (Å²) in [6, 6.07) is 22.8. The van der Waals surface area contributed by atoms with Crippen molar-refractivity contribution in [3.05, 3.63) is 119 Å². The van der Waals surface area contributed by atoms with Gasteiger partial charge in [0.25, 0.3) is 5.91 Å². The first-order chi connectivity index (χ1) is 30.7. The van der Waals surface area contributed by atoms with Crippen LogP contribution in [0.25, 0.3) is 0 Å². The average Bonchev–Trinajstić information content (AvgIpc) is 3.26. The van der Waals surface area contributed by atoms with Gasteiger partial charge in [0.2, 0.25) is 0 Å². The van der Waals surface area contributed by atoms with E-state index in [9.17, 15) is 44.4 Å². The van der Waals surface area contributed by atoms with Crippen LogP contribution in [0.2, 0.25) is 0 Å². The van der Waals surface area contributed by atoms with E-state index in [1.54, 1.807) is 78.9 Å². The Labute approximate surface area is 375 Å². The van der Waals surface area contributed by atoms with E-state index in [1.807, 2.05) is 0 Å². The number of carbonyl (C=O) groups is 6. The number of nitrogens with one attached hydrogen (secondary N) is 1. The second-order valence-corrected chi connectivity index (χ2v) is 18.3. The van der Waals surface area contributed by atoms with Crippen molar-refractivity contribution in [1.82, 2.24) is 5.32 Å². The van der Waals surface area contributed by atoms with Gasteiger partial charge in [-0.05, 0) is 61.7 Å². The predicted molar refractivity (Wildman–Crippen MR) is 228 cm³/mol. The summed E-state index contributed by atoms with van der Waals surface area (Å²) in [5.41, 5.74) is -7.45. The summed E-state index contributed by atoms with van der Waals surface area (Å²) in [5.74, 6) is -7.19. The third-order valence-corrected chi connectivity index (χ3v) is 13.9. The summed E-state index contributed by atoms with van der Waals surface area (Å²) in [4.78, 5) is 84.6. The quantitative estimate of drug-likeness (QED) is 0.0994. The molecule has 1 heterocycles. The molecule has 12 atom stereocenters. The Hall–Kier alpha value is -5.78. The maximum Gasteiger partial charge on any atom is 0.338 e. The van der Waals surface area contributed by atoms with Crippen LogP contribution in [-0.4, -0.2) is 117 Å².